The molecule has 30 heavy (non-hydrogen) atoms. The average molecular weight is 441 g/mol. The van der Waals surface area contributed by atoms with Crippen LogP contribution in [0.25, 0.3) is 11.0 Å². The van der Waals surface area contributed by atoms with E-state index in [4.69, 9.17) is 28.2 Å². The minimum atomic E-state index is -0.0896. The summed E-state index contributed by atoms with van der Waals surface area (Å²) in [4.78, 5) is 29.6. The second-order valence-electron chi connectivity index (χ2n) is 7.57. The fraction of sp³-hybridized carbons (Fsp3) is 0.238. The van der Waals surface area contributed by atoms with Crippen LogP contribution in [0.4, 0.5) is 17.3 Å². The third-order valence-corrected chi connectivity index (χ3v) is 6.14. The summed E-state index contributed by atoms with van der Waals surface area (Å²) in [5.41, 5.74) is 2.01. The number of benzene rings is 1. The zero-order chi connectivity index (χ0) is 20.9. The zero-order valence-electron chi connectivity index (χ0n) is 16.0. The highest BCUT2D eigenvalue weighted by Crippen LogP contribution is 2.41. The highest BCUT2D eigenvalue weighted by atomic mass is 35.5. The van der Waals surface area contributed by atoms with Gasteiger partial charge in [0.2, 0.25) is 5.91 Å². The van der Waals surface area contributed by atoms with Crippen molar-refractivity contribution in [3.05, 3.63) is 59.4 Å². The first-order chi connectivity index (χ1) is 14.5. The van der Waals surface area contributed by atoms with E-state index in [1.54, 1.807) is 18.2 Å². The number of carbonyl (C=O) groups excluding carboxylic acids is 1. The minimum absolute atomic E-state index is 0.00700. The fourth-order valence-electron chi connectivity index (χ4n) is 4.11. The lowest BCUT2D eigenvalue weighted by molar-refractivity contribution is -0.144. The summed E-state index contributed by atoms with van der Waals surface area (Å²) in [5, 5.41) is 4.29. The molecule has 2 fully saturated rings. The third-order valence-electron chi connectivity index (χ3n) is 5.70. The molecule has 7 nitrogen and oxygen atoms in total. The highest BCUT2D eigenvalue weighted by molar-refractivity contribution is 6.35. The van der Waals surface area contributed by atoms with Gasteiger partial charge >= 0.3 is 0 Å². The first-order valence-electron chi connectivity index (χ1n) is 9.51. The normalized spacial score (nSPS) is 16.9. The van der Waals surface area contributed by atoms with Gasteiger partial charge < -0.3 is 15.1 Å². The molecule has 0 radical (unpaired) electrons. The topological polar surface area (TPSA) is 74.2 Å². The fourth-order valence-corrected chi connectivity index (χ4v) is 4.64. The lowest BCUT2D eigenvalue weighted by Crippen LogP contribution is -2.78. The van der Waals surface area contributed by atoms with Crippen LogP contribution in [0.3, 0.4) is 0 Å². The van der Waals surface area contributed by atoms with Crippen molar-refractivity contribution in [2.75, 3.05) is 29.9 Å². The molecule has 1 amide bonds. The lowest BCUT2D eigenvalue weighted by Gasteiger charge is -2.62. The Bertz CT molecular complexity index is 1160. The summed E-state index contributed by atoms with van der Waals surface area (Å²) in [6.45, 7) is 5.90. The molecule has 2 aliphatic heterocycles. The summed E-state index contributed by atoms with van der Waals surface area (Å²) >= 11 is 12.2. The van der Waals surface area contributed by atoms with Crippen LogP contribution in [0.15, 0.2) is 49.3 Å². The van der Waals surface area contributed by atoms with E-state index >= 15 is 0 Å². The number of anilines is 3. The van der Waals surface area contributed by atoms with Gasteiger partial charge in [0.05, 0.1) is 11.1 Å². The Morgan fingerprint density at radius 3 is 2.60 bits per heavy atom. The summed E-state index contributed by atoms with van der Waals surface area (Å²) in [6, 6.07) is 9.08. The van der Waals surface area contributed by atoms with Gasteiger partial charge in [-0.05, 0) is 42.8 Å². The number of hydrogen-bond donors (Lipinski definition) is 1. The van der Waals surface area contributed by atoms with Crippen LogP contribution in [0.1, 0.15) is 6.42 Å². The number of pyridine rings is 1. The van der Waals surface area contributed by atoms with E-state index in [1.807, 2.05) is 17.0 Å². The van der Waals surface area contributed by atoms with Crippen LogP contribution >= 0.6 is 23.2 Å². The Morgan fingerprint density at radius 1 is 1.17 bits per heavy atom. The van der Waals surface area contributed by atoms with Crippen molar-refractivity contribution in [1.82, 2.24) is 19.9 Å². The minimum Gasteiger partial charge on any atom is -0.352 e. The van der Waals surface area contributed by atoms with Gasteiger partial charge in [0.25, 0.3) is 0 Å². The number of carbonyl (C=O) groups is 1. The van der Waals surface area contributed by atoms with Crippen LogP contribution in [0, 0.1) is 0 Å². The lowest BCUT2D eigenvalue weighted by atomic mass is 9.77. The van der Waals surface area contributed by atoms with Crippen LogP contribution in [0.5, 0.6) is 0 Å². The second kappa shape index (κ2) is 7.11. The van der Waals surface area contributed by atoms with E-state index in [0.29, 0.717) is 21.4 Å². The number of rotatable bonds is 4. The number of nitrogens with zero attached hydrogens (tertiary/aromatic N) is 5. The van der Waals surface area contributed by atoms with Gasteiger partial charge in [0, 0.05) is 35.4 Å². The number of amides is 1. The third kappa shape index (κ3) is 3.14. The van der Waals surface area contributed by atoms with E-state index in [2.05, 4.69) is 26.8 Å². The van der Waals surface area contributed by atoms with Crippen LogP contribution in [-0.2, 0) is 4.79 Å². The van der Waals surface area contributed by atoms with E-state index in [0.717, 1.165) is 43.1 Å². The molecule has 2 aliphatic rings. The van der Waals surface area contributed by atoms with Crippen molar-refractivity contribution in [2.45, 2.75) is 12.0 Å². The SMILES string of the molecule is C=CC(=O)N1CCC12CN(c1ccc3ncnc(Nc4cc(Cl)cc(Cl)c4)c3n1)C2. The molecular weight excluding hydrogens is 423 g/mol. The number of halogens is 2. The Balaban J connectivity index is 1.41. The summed E-state index contributed by atoms with van der Waals surface area (Å²) < 4.78 is 0. The van der Waals surface area contributed by atoms with Gasteiger partial charge in [0.15, 0.2) is 5.82 Å². The van der Waals surface area contributed by atoms with Gasteiger partial charge in [-0.15, -0.1) is 0 Å². The van der Waals surface area contributed by atoms with Crippen molar-refractivity contribution in [3.8, 4) is 0 Å². The first kappa shape index (κ1) is 19.1. The highest BCUT2D eigenvalue weighted by Gasteiger charge is 2.55. The number of likely N-dealkylation sites (tertiary alicyclic amines) is 1. The van der Waals surface area contributed by atoms with Crippen molar-refractivity contribution >= 4 is 57.5 Å². The number of hydrogen-bond acceptors (Lipinski definition) is 6. The van der Waals surface area contributed by atoms with E-state index in [9.17, 15) is 4.79 Å². The standard InChI is InChI=1S/C21H18Cl2N6O/c1-2-18(30)29-6-5-21(29)10-28(11-21)17-4-3-16-19(27-17)20(25-12-24-16)26-15-8-13(22)7-14(23)9-15/h2-4,7-9,12H,1,5-6,10-11H2,(H,24,25,26). The molecule has 2 saturated heterocycles. The largest absolute Gasteiger partial charge is 0.352 e. The quantitative estimate of drug-likeness (QED) is 0.616. The molecule has 9 heteroatoms. The Labute approximate surface area is 183 Å². The molecule has 5 rings (SSSR count). The maximum atomic E-state index is 12.0. The molecular formula is C21H18Cl2N6O. The molecule has 0 aliphatic carbocycles. The summed E-state index contributed by atoms with van der Waals surface area (Å²) in [5.74, 6) is 1.39. The molecule has 0 atom stereocenters. The molecule has 0 saturated carbocycles. The van der Waals surface area contributed by atoms with Gasteiger partial charge in [-0.25, -0.2) is 15.0 Å². The number of aromatic nitrogens is 3. The molecule has 1 spiro atoms. The Morgan fingerprint density at radius 2 is 1.93 bits per heavy atom. The van der Waals surface area contributed by atoms with Crippen molar-refractivity contribution in [1.29, 1.82) is 0 Å². The van der Waals surface area contributed by atoms with Crippen LogP contribution < -0.4 is 10.2 Å². The summed E-state index contributed by atoms with van der Waals surface area (Å²) in [7, 11) is 0. The van der Waals surface area contributed by atoms with Crippen molar-refractivity contribution in [2.24, 2.45) is 0 Å². The number of nitrogens with one attached hydrogen (secondary N) is 1. The van der Waals surface area contributed by atoms with E-state index < -0.39 is 0 Å². The molecule has 4 heterocycles. The molecule has 3 aromatic rings. The number of fused-ring (bicyclic) bond motifs is 1. The monoisotopic (exact) mass is 440 g/mol. The maximum Gasteiger partial charge on any atom is 0.246 e. The zero-order valence-corrected chi connectivity index (χ0v) is 17.5. The predicted molar refractivity (Wildman–Crippen MR) is 119 cm³/mol. The van der Waals surface area contributed by atoms with E-state index in [-0.39, 0.29) is 11.4 Å². The summed E-state index contributed by atoms with van der Waals surface area (Å²) in [6.07, 6.45) is 3.88. The van der Waals surface area contributed by atoms with Crippen molar-refractivity contribution < 1.29 is 4.79 Å². The first-order valence-corrected chi connectivity index (χ1v) is 10.3. The Hall–Kier alpha value is -2.90. The van der Waals surface area contributed by atoms with Crippen molar-refractivity contribution in [3.63, 3.8) is 0 Å². The van der Waals surface area contributed by atoms with Gasteiger partial charge in [-0.2, -0.15) is 0 Å². The Kier molecular flexibility index (Phi) is 4.52. The van der Waals surface area contributed by atoms with Gasteiger partial charge in [-0.1, -0.05) is 29.8 Å². The van der Waals surface area contributed by atoms with Crippen LogP contribution in [0.2, 0.25) is 10.0 Å². The molecule has 1 aromatic carbocycles. The van der Waals surface area contributed by atoms with Gasteiger partial charge in [-0.3, -0.25) is 4.79 Å². The molecule has 1 N–H and O–H groups in total. The van der Waals surface area contributed by atoms with Crippen LogP contribution in [-0.4, -0.2) is 50.9 Å². The molecule has 0 unspecified atom stereocenters. The maximum absolute atomic E-state index is 12.0. The van der Waals surface area contributed by atoms with E-state index in [1.165, 1.54) is 12.4 Å². The van der Waals surface area contributed by atoms with Gasteiger partial charge in [0.1, 0.15) is 17.7 Å². The second-order valence-corrected chi connectivity index (χ2v) is 8.44. The smallest absolute Gasteiger partial charge is 0.246 e. The molecule has 0 bridgehead atoms. The predicted octanol–water partition coefficient (Wildman–Crippen LogP) is 4.05. The molecule has 152 valence electrons. The average Bonchev–Trinajstić information content (AvgIpc) is 2.65. The molecule has 2 aromatic heterocycles.